The second-order valence-corrected chi connectivity index (χ2v) is 10.8. The molecule has 7 heteroatoms. The minimum absolute atomic E-state index is 0.555. The molecule has 0 saturated carbocycles. The molecular formula is C22H29BrCl2N2S2. The van der Waals surface area contributed by atoms with E-state index in [2.05, 4.69) is 39.0 Å². The number of hydrogen-bond acceptors (Lipinski definition) is 4. The van der Waals surface area contributed by atoms with Crippen molar-refractivity contribution in [1.82, 2.24) is 9.03 Å². The average molecular weight is 536 g/mol. The summed E-state index contributed by atoms with van der Waals surface area (Å²) in [5.41, 5.74) is 3.46. The standard InChI is InChI=1S/C22H29BrCl2N2S2/c1-2-3-4-5-6-7-8-9-10-11-12-16-13-18(28-15-16)19-17-14-26-29-27(17)22(23)21(25)20(19)24/h13-15,26H,2-12H2,1H3. The molecule has 2 aliphatic rings. The van der Waals surface area contributed by atoms with E-state index < -0.39 is 0 Å². The Morgan fingerprint density at radius 2 is 1.62 bits per heavy atom. The third kappa shape index (κ3) is 6.22. The van der Waals surface area contributed by atoms with Crippen LogP contribution in [0.1, 0.15) is 81.6 Å². The number of rotatable bonds is 12. The quantitative estimate of drug-likeness (QED) is 0.163. The first kappa shape index (κ1) is 23.6. The number of nitrogens with one attached hydrogen (secondary N) is 1. The summed E-state index contributed by atoms with van der Waals surface area (Å²) in [6.45, 7) is 2.28. The highest BCUT2D eigenvalue weighted by atomic mass is 79.9. The summed E-state index contributed by atoms with van der Waals surface area (Å²) < 4.78 is 6.01. The number of hydrogen-bond donors (Lipinski definition) is 1. The van der Waals surface area contributed by atoms with Crippen molar-refractivity contribution >= 4 is 68.2 Å². The number of fused-ring (bicyclic) bond motifs is 1. The molecule has 0 fully saturated rings. The van der Waals surface area contributed by atoms with Gasteiger partial charge in [-0.2, -0.15) is 0 Å². The van der Waals surface area contributed by atoms with Gasteiger partial charge in [-0.15, -0.1) is 11.3 Å². The molecule has 160 valence electrons. The molecule has 29 heavy (non-hydrogen) atoms. The van der Waals surface area contributed by atoms with Gasteiger partial charge in [0, 0.05) is 16.7 Å². The maximum Gasteiger partial charge on any atom is 0.117 e. The third-order valence-corrected chi connectivity index (χ3v) is 9.14. The summed E-state index contributed by atoms with van der Waals surface area (Å²) in [4.78, 5) is 1.18. The number of thiophene rings is 1. The van der Waals surface area contributed by atoms with Gasteiger partial charge in [-0.3, -0.25) is 4.31 Å². The van der Waals surface area contributed by atoms with Crippen LogP contribution in [0.15, 0.2) is 38.0 Å². The molecule has 3 rings (SSSR count). The lowest BCUT2D eigenvalue weighted by atomic mass is 10.0. The largest absolute Gasteiger partial charge is 0.316 e. The first-order valence-corrected chi connectivity index (χ1v) is 13.8. The fraction of sp³-hybridized carbons (Fsp3) is 0.545. The molecule has 0 aromatic carbocycles. The Kier molecular flexibility index (Phi) is 9.84. The zero-order chi connectivity index (χ0) is 20.6. The molecule has 0 amide bonds. The van der Waals surface area contributed by atoms with Crippen molar-refractivity contribution < 1.29 is 0 Å². The molecule has 0 saturated heterocycles. The van der Waals surface area contributed by atoms with E-state index in [1.54, 1.807) is 11.3 Å². The van der Waals surface area contributed by atoms with Gasteiger partial charge in [0.2, 0.25) is 0 Å². The zero-order valence-corrected chi connectivity index (χ0v) is 21.6. The Morgan fingerprint density at radius 3 is 2.31 bits per heavy atom. The minimum atomic E-state index is 0.555. The minimum Gasteiger partial charge on any atom is -0.316 e. The van der Waals surface area contributed by atoms with Crippen molar-refractivity contribution in [3.8, 4) is 0 Å². The van der Waals surface area contributed by atoms with Crippen molar-refractivity contribution in [3.05, 3.63) is 48.5 Å². The molecule has 2 nitrogen and oxygen atoms in total. The highest BCUT2D eigenvalue weighted by molar-refractivity contribution is 9.11. The molecule has 0 aliphatic carbocycles. The summed E-state index contributed by atoms with van der Waals surface area (Å²) in [7, 11) is 0. The molecule has 0 bridgehead atoms. The van der Waals surface area contributed by atoms with E-state index in [0.29, 0.717) is 10.1 Å². The van der Waals surface area contributed by atoms with Gasteiger partial charge in [0.1, 0.15) is 4.61 Å². The smallest absolute Gasteiger partial charge is 0.117 e. The van der Waals surface area contributed by atoms with E-state index in [-0.39, 0.29) is 0 Å². The van der Waals surface area contributed by atoms with Crippen LogP contribution in [0.2, 0.25) is 0 Å². The van der Waals surface area contributed by atoms with Crippen LogP contribution in [0.3, 0.4) is 0 Å². The fourth-order valence-corrected chi connectivity index (χ4v) is 6.64. The second kappa shape index (κ2) is 12.1. The van der Waals surface area contributed by atoms with Crippen LogP contribution < -0.4 is 4.72 Å². The molecular weight excluding hydrogens is 507 g/mol. The first-order valence-electron chi connectivity index (χ1n) is 10.6. The second-order valence-electron chi connectivity index (χ2n) is 7.58. The number of halogens is 3. The van der Waals surface area contributed by atoms with E-state index in [9.17, 15) is 0 Å². The van der Waals surface area contributed by atoms with E-state index in [1.807, 2.05) is 10.5 Å². The SMILES string of the molecule is CCCCCCCCCCCCc1csc(C2=C(Cl)C(Cl)=C(Br)N3SNC=C23)c1. The zero-order valence-electron chi connectivity index (χ0n) is 16.9. The molecule has 1 N–H and O–H groups in total. The van der Waals surface area contributed by atoms with Crippen LogP contribution in [0.4, 0.5) is 0 Å². The van der Waals surface area contributed by atoms with Gasteiger partial charge in [-0.25, -0.2) is 0 Å². The monoisotopic (exact) mass is 534 g/mol. The average Bonchev–Trinajstić information content (AvgIpc) is 3.38. The molecule has 2 aliphatic heterocycles. The highest BCUT2D eigenvalue weighted by Gasteiger charge is 2.33. The van der Waals surface area contributed by atoms with E-state index >= 15 is 0 Å². The number of allylic oxidation sites excluding steroid dienone is 3. The van der Waals surface area contributed by atoms with Crippen LogP contribution in [0.5, 0.6) is 0 Å². The van der Waals surface area contributed by atoms with Crippen LogP contribution in [0.25, 0.3) is 5.57 Å². The Morgan fingerprint density at radius 1 is 0.966 bits per heavy atom. The summed E-state index contributed by atoms with van der Waals surface area (Å²) in [5.74, 6) is 0. The van der Waals surface area contributed by atoms with E-state index in [1.165, 1.54) is 86.8 Å². The van der Waals surface area contributed by atoms with E-state index in [0.717, 1.165) is 22.3 Å². The Balaban J connectivity index is 1.45. The predicted octanol–water partition coefficient (Wildman–Crippen LogP) is 9.29. The molecule has 1 aromatic heterocycles. The lowest BCUT2D eigenvalue weighted by Gasteiger charge is -2.26. The molecule has 1 aromatic rings. The van der Waals surface area contributed by atoms with Gasteiger partial charge in [-0.05, 0) is 45.8 Å². The van der Waals surface area contributed by atoms with Crippen molar-refractivity contribution in [2.45, 2.75) is 77.6 Å². The van der Waals surface area contributed by atoms with Gasteiger partial charge in [0.15, 0.2) is 0 Å². The summed E-state index contributed by atoms with van der Waals surface area (Å²) in [5, 5.41) is 3.43. The first-order chi connectivity index (χ1) is 14.1. The summed E-state index contributed by atoms with van der Waals surface area (Å²) in [6.07, 6.45) is 16.8. The molecule has 0 spiro atoms. The van der Waals surface area contributed by atoms with Crippen molar-refractivity contribution in [2.24, 2.45) is 0 Å². The predicted molar refractivity (Wildman–Crippen MR) is 135 cm³/mol. The molecule has 3 heterocycles. The van der Waals surface area contributed by atoms with Crippen LogP contribution in [0, 0.1) is 0 Å². The van der Waals surface area contributed by atoms with Crippen LogP contribution in [-0.2, 0) is 6.42 Å². The maximum atomic E-state index is 6.62. The Bertz CT molecular complexity index is 786. The van der Waals surface area contributed by atoms with Gasteiger partial charge in [0.25, 0.3) is 0 Å². The van der Waals surface area contributed by atoms with Gasteiger partial charge in [-0.1, -0.05) is 87.9 Å². The van der Waals surface area contributed by atoms with Crippen LogP contribution in [-0.4, -0.2) is 4.31 Å². The molecule has 0 unspecified atom stereocenters. The molecule has 0 atom stereocenters. The number of nitrogens with zero attached hydrogens (tertiary/aromatic N) is 1. The van der Waals surface area contributed by atoms with Crippen molar-refractivity contribution in [2.75, 3.05) is 0 Å². The lowest BCUT2D eigenvalue weighted by Crippen LogP contribution is -2.15. The normalized spacial score (nSPS) is 16.4. The number of unbranched alkanes of at least 4 members (excludes halogenated alkanes) is 9. The number of aryl methyl sites for hydroxylation is 1. The summed E-state index contributed by atoms with van der Waals surface area (Å²) in [6, 6.07) is 2.28. The summed E-state index contributed by atoms with van der Waals surface area (Å²) >= 11 is 19.8. The van der Waals surface area contributed by atoms with Gasteiger partial charge < -0.3 is 4.72 Å². The van der Waals surface area contributed by atoms with Crippen molar-refractivity contribution in [3.63, 3.8) is 0 Å². The van der Waals surface area contributed by atoms with Gasteiger partial charge >= 0.3 is 0 Å². The van der Waals surface area contributed by atoms with Gasteiger partial charge in [0.05, 0.1) is 27.9 Å². The van der Waals surface area contributed by atoms with E-state index in [4.69, 9.17) is 23.2 Å². The Hall–Kier alpha value is -0.0700. The van der Waals surface area contributed by atoms with Crippen molar-refractivity contribution in [1.29, 1.82) is 0 Å². The topological polar surface area (TPSA) is 15.3 Å². The third-order valence-electron chi connectivity index (χ3n) is 5.31. The molecule has 0 radical (unpaired) electrons. The van der Waals surface area contributed by atoms with Crippen LogP contribution >= 0.6 is 62.6 Å². The maximum absolute atomic E-state index is 6.62. The lowest BCUT2D eigenvalue weighted by molar-refractivity contribution is 0.556. The highest BCUT2D eigenvalue weighted by Crippen LogP contribution is 2.50. The fourth-order valence-electron chi connectivity index (χ4n) is 3.65. The Labute approximate surface area is 202 Å².